The maximum Gasteiger partial charge on any atom is 0.255 e. The van der Waals surface area contributed by atoms with E-state index in [2.05, 4.69) is 22.6 Å². The summed E-state index contributed by atoms with van der Waals surface area (Å²) in [6.45, 7) is 0. The van der Waals surface area contributed by atoms with E-state index < -0.39 is 46.7 Å². The van der Waals surface area contributed by atoms with Crippen molar-refractivity contribution in [1.82, 2.24) is 4.90 Å². The number of fused-ring (bicyclic) bond motifs is 3. The summed E-state index contributed by atoms with van der Waals surface area (Å²) in [5.41, 5.74) is 5.82. The lowest BCUT2D eigenvalue weighted by Crippen LogP contribution is -2.55. The van der Waals surface area contributed by atoms with Crippen LogP contribution < -0.4 is 5.73 Å². The SMILES string of the molecule is CN(C)C1C(O)=C(C(N)=O)C(=O)C2C(=O)C3=C(O)c4c(O)ccc(I)c4CC3CC21. The highest BCUT2D eigenvalue weighted by Crippen LogP contribution is 2.50. The second-order valence-electron chi connectivity index (χ2n) is 8.22. The molecule has 0 saturated heterocycles. The van der Waals surface area contributed by atoms with Crippen LogP contribution in [0.15, 0.2) is 29.0 Å². The van der Waals surface area contributed by atoms with Crippen molar-refractivity contribution in [3.63, 3.8) is 0 Å². The van der Waals surface area contributed by atoms with Gasteiger partial charge in [0.15, 0.2) is 11.6 Å². The maximum atomic E-state index is 13.5. The minimum Gasteiger partial charge on any atom is -0.510 e. The first kappa shape index (κ1) is 20.9. The van der Waals surface area contributed by atoms with Crippen LogP contribution in [0.25, 0.3) is 5.76 Å². The number of nitrogens with zero attached hydrogens (tertiary/aromatic N) is 1. The summed E-state index contributed by atoms with van der Waals surface area (Å²) >= 11 is 2.12. The number of halogens is 1. The predicted molar refractivity (Wildman–Crippen MR) is 116 cm³/mol. The number of allylic oxidation sites excluding steroid dienone is 1. The molecule has 3 aliphatic carbocycles. The van der Waals surface area contributed by atoms with E-state index in [0.717, 1.165) is 9.13 Å². The van der Waals surface area contributed by atoms with Crippen LogP contribution in [-0.4, -0.2) is 57.8 Å². The van der Waals surface area contributed by atoms with Crippen LogP contribution in [0.3, 0.4) is 0 Å². The van der Waals surface area contributed by atoms with Crippen LogP contribution in [0, 0.1) is 21.3 Å². The third kappa shape index (κ3) is 2.78. The number of rotatable bonds is 2. The Morgan fingerprint density at radius 1 is 1.17 bits per heavy atom. The number of hydrogen-bond acceptors (Lipinski definition) is 7. The van der Waals surface area contributed by atoms with Crippen LogP contribution in [-0.2, 0) is 20.8 Å². The highest BCUT2D eigenvalue weighted by Gasteiger charge is 2.55. The normalized spacial score (nSPS) is 28.4. The number of aliphatic hydroxyl groups excluding tert-OH is 2. The smallest absolute Gasteiger partial charge is 0.255 e. The fourth-order valence-electron chi connectivity index (χ4n) is 5.23. The molecule has 4 unspecified atom stereocenters. The Kier molecular flexibility index (Phi) is 4.93. The van der Waals surface area contributed by atoms with Crippen molar-refractivity contribution < 1.29 is 29.7 Å². The van der Waals surface area contributed by atoms with Gasteiger partial charge in [0, 0.05) is 9.14 Å². The average molecular weight is 524 g/mol. The molecule has 1 amide bonds. The third-order valence-electron chi connectivity index (χ3n) is 6.39. The fraction of sp³-hybridized carbons (Fsp3) is 0.381. The molecule has 0 heterocycles. The van der Waals surface area contributed by atoms with Crippen molar-refractivity contribution in [3.05, 3.63) is 43.7 Å². The molecule has 1 saturated carbocycles. The molecule has 9 heteroatoms. The first-order chi connectivity index (χ1) is 14.1. The number of aliphatic hydroxyl groups is 2. The lowest BCUT2D eigenvalue weighted by molar-refractivity contribution is -0.136. The maximum absolute atomic E-state index is 13.5. The van der Waals surface area contributed by atoms with Gasteiger partial charge in [0.25, 0.3) is 5.91 Å². The van der Waals surface area contributed by atoms with Crippen LogP contribution >= 0.6 is 22.6 Å². The number of benzene rings is 1. The minimum atomic E-state index is -1.23. The van der Waals surface area contributed by atoms with E-state index in [0.29, 0.717) is 12.8 Å². The Bertz CT molecular complexity index is 1070. The van der Waals surface area contributed by atoms with E-state index in [1.165, 1.54) is 6.07 Å². The Labute approximate surface area is 186 Å². The number of nitrogens with two attached hydrogens (primary N) is 1. The Hall–Kier alpha value is -2.40. The number of primary amides is 1. The van der Waals surface area contributed by atoms with E-state index in [9.17, 15) is 29.7 Å². The summed E-state index contributed by atoms with van der Waals surface area (Å²) in [6, 6.07) is 2.46. The second-order valence-corrected chi connectivity index (χ2v) is 9.38. The predicted octanol–water partition coefficient (Wildman–Crippen LogP) is 1.45. The molecule has 0 bridgehead atoms. The van der Waals surface area contributed by atoms with Crippen LogP contribution in [0.2, 0.25) is 0 Å². The minimum absolute atomic E-state index is 0.0946. The number of phenols is 1. The van der Waals surface area contributed by atoms with E-state index in [4.69, 9.17) is 5.73 Å². The summed E-state index contributed by atoms with van der Waals surface area (Å²) < 4.78 is 0.850. The monoisotopic (exact) mass is 524 g/mol. The molecule has 0 aliphatic heterocycles. The van der Waals surface area contributed by atoms with Crippen LogP contribution in [0.1, 0.15) is 17.5 Å². The van der Waals surface area contributed by atoms with Crippen molar-refractivity contribution in [3.8, 4) is 5.75 Å². The van der Waals surface area contributed by atoms with E-state index in [1.807, 2.05) is 0 Å². The van der Waals surface area contributed by atoms with Crippen molar-refractivity contribution >= 4 is 45.8 Å². The number of carbonyl (C=O) groups is 3. The molecule has 4 rings (SSSR count). The molecule has 0 radical (unpaired) electrons. The summed E-state index contributed by atoms with van der Waals surface area (Å²) in [5.74, 6) is -5.53. The van der Waals surface area contributed by atoms with Gasteiger partial charge in [-0.05, 0) is 79.1 Å². The van der Waals surface area contributed by atoms with Gasteiger partial charge in [-0.2, -0.15) is 0 Å². The summed E-state index contributed by atoms with van der Waals surface area (Å²) in [7, 11) is 3.38. The number of amides is 1. The van der Waals surface area contributed by atoms with Crippen LogP contribution in [0.4, 0.5) is 0 Å². The third-order valence-corrected chi connectivity index (χ3v) is 7.40. The van der Waals surface area contributed by atoms with Gasteiger partial charge in [0.2, 0.25) is 0 Å². The van der Waals surface area contributed by atoms with Gasteiger partial charge >= 0.3 is 0 Å². The number of carbonyl (C=O) groups excluding carboxylic acids is 3. The summed E-state index contributed by atoms with van der Waals surface area (Å²) in [5, 5.41) is 31.9. The Morgan fingerprint density at radius 2 is 1.83 bits per heavy atom. The molecule has 1 aromatic carbocycles. The van der Waals surface area contributed by atoms with Gasteiger partial charge in [0.1, 0.15) is 22.8 Å². The zero-order valence-electron chi connectivity index (χ0n) is 16.3. The zero-order valence-corrected chi connectivity index (χ0v) is 18.5. The summed E-state index contributed by atoms with van der Waals surface area (Å²) in [4.78, 5) is 40.0. The van der Waals surface area contributed by atoms with E-state index in [-0.39, 0.29) is 28.6 Å². The standard InChI is InChI=1S/C21H21IN2O6/c1-24(2)16-9-6-7-5-8-10(22)3-4-11(25)13(8)17(26)12(7)18(27)14(9)19(28)15(20(16)29)21(23)30/h3-4,7,9,14,16,25-26,29H,5-6H2,1-2H3,(H2,23,30). The van der Waals surface area contributed by atoms with Gasteiger partial charge < -0.3 is 21.1 Å². The number of Topliss-reactive ketones (excluding diaryl/α,β-unsaturated/α-hetero) is 2. The quantitative estimate of drug-likeness (QED) is 0.261. The molecule has 1 aromatic rings. The molecule has 30 heavy (non-hydrogen) atoms. The molecule has 3 aliphatic rings. The van der Waals surface area contributed by atoms with E-state index >= 15 is 0 Å². The molecule has 158 valence electrons. The lowest BCUT2D eigenvalue weighted by Gasteiger charge is -2.46. The van der Waals surface area contributed by atoms with Gasteiger partial charge in [-0.25, -0.2) is 0 Å². The van der Waals surface area contributed by atoms with Crippen LogP contribution in [0.5, 0.6) is 5.75 Å². The van der Waals surface area contributed by atoms with Crippen molar-refractivity contribution in [2.24, 2.45) is 23.5 Å². The Balaban J connectivity index is 1.91. The number of likely N-dealkylation sites (N-methyl/N-ethyl adjacent to an activating group) is 1. The van der Waals surface area contributed by atoms with E-state index in [1.54, 1.807) is 25.1 Å². The van der Waals surface area contributed by atoms with Gasteiger partial charge in [-0.3, -0.25) is 19.3 Å². The average Bonchev–Trinajstić information content (AvgIpc) is 2.63. The first-order valence-corrected chi connectivity index (χ1v) is 10.6. The number of aromatic hydroxyl groups is 1. The van der Waals surface area contributed by atoms with Gasteiger partial charge in [-0.1, -0.05) is 0 Å². The molecule has 0 aromatic heterocycles. The molecule has 4 atom stereocenters. The molecule has 0 spiro atoms. The molecule has 8 nitrogen and oxygen atoms in total. The van der Waals surface area contributed by atoms with Crippen molar-refractivity contribution in [2.75, 3.05) is 14.1 Å². The number of hydrogen-bond donors (Lipinski definition) is 4. The second kappa shape index (κ2) is 7.09. The number of ketones is 2. The first-order valence-electron chi connectivity index (χ1n) is 9.47. The van der Waals surface area contributed by atoms with Crippen molar-refractivity contribution in [1.29, 1.82) is 0 Å². The van der Waals surface area contributed by atoms with Gasteiger partial charge in [0.05, 0.1) is 17.5 Å². The fourth-order valence-corrected chi connectivity index (χ4v) is 5.90. The zero-order chi connectivity index (χ0) is 22.1. The highest BCUT2D eigenvalue weighted by atomic mass is 127. The van der Waals surface area contributed by atoms with Gasteiger partial charge in [-0.15, -0.1) is 0 Å². The molecular formula is C21H21IN2O6. The van der Waals surface area contributed by atoms with Crippen molar-refractivity contribution in [2.45, 2.75) is 18.9 Å². The number of phenolic OH excluding ortho intramolecular Hbond substituents is 1. The topological polar surface area (TPSA) is 141 Å². The highest BCUT2D eigenvalue weighted by molar-refractivity contribution is 14.1. The molecule has 1 fully saturated rings. The molecular weight excluding hydrogens is 503 g/mol. The summed E-state index contributed by atoms with van der Waals surface area (Å²) in [6.07, 6.45) is 0.767. The lowest BCUT2D eigenvalue weighted by atomic mass is 9.59. The molecule has 5 N–H and O–H groups in total. The Morgan fingerprint density at radius 3 is 2.43 bits per heavy atom. The largest absolute Gasteiger partial charge is 0.510 e.